The van der Waals surface area contributed by atoms with E-state index in [0.29, 0.717) is 18.0 Å². The Morgan fingerprint density at radius 3 is 3.00 bits per heavy atom. The summed E-state index contributed by atoms with van der Waals surface area (Å²) in [5.41, 5.74) is 1.23. The zero-order chi connectivity index (χ0) is 11.5. The first-order chi connectivity index (χ1) is 7.65. The van der Waals surface area contributed by atoms with Gasteiger partial charge < -0.3 is 9.84 Å². The largest absolute Gasteiger partial charge is 0.361 e. The number of carbonyl (C=O) groups excluding carboxylic acids is 1. The molecular weight excluding hydrogens is 208 g/mol. The number of aromatic nitrogens is 3. The Hall–Kier alpha value is -2.11. The van der Waals surface area contributed by atoms with Crippen LogP contribution in [0.3, 0.4) is 0 Å². The van der Waals surface area contributed by atoms with Crippen molar-refractivity contribution in [3.8, 4) is 0 Å². The molecule has 2 rings (SSSR count). The summed E-state index contributed by atoms with van der Waals surface area (Å²) in [7, 11) is 1.83. The lowest BCUT2D eigenvalue weighted by molar-refractivity contribution is 0.0942. The first-order valence-corrected chi connectivity index (χ1v) is 4.84. The third kappa shape index (κ3) is 2.28. The smallest absolute Gasteiger partial charge is 0.273 e. The molecule has 84 valence electrons. The van der Waals surface area contributed by atoms with Crippen molar-refractivity contribution >= 4 is 5.91 Å². The highest BCUT2D eigenvalue weighted by molar-refractivity contribution is 5.92. The Bertz CT molecular complexity index is 500. The van der Waals surface area contributed by atoms with Crippen molar-refractivity contribution < 1.29 is 9.32 Å². The molecule has 0 fully saturated rings. The standard InChI is InChI=1S/C10H12N4O2/c1-7-3-9(13-16-7)10(15)11-4-8-5-12-14(2)6-8/h3,5-6H,4H2,1-2H3,(H,11,15). The molecule has 0 aliphatic heterocycles. The summed E-state index contributed by atoms with van der Waals surface area (Å²) in [5.74, 6) is 0.368. The van der Waals surface area contributed by atoms with E-state index in [2.05, 4.69) is 15.6 Å². The van der Waals surface area contributed by atoms with E-state index in [1.165, 1.54) is 0 Å². The lowest BCUT2D eigenvalue weighted by atomic mass is 10.3. The molecule has 2 aromatic rings. The van der Waals surface area contributed by atoms with Crippen LogP contribution in [0.25, 0.3) is 0 Å². The SMILES string of the molecule is Cc1cc(C(=O)NCc2cnn(C)c2)no1. The Kier molecular flexibility index (Phi) is 2.72. The fourth-order valence-corrected chi connectivity index (χ4v) is 1.31. The molecular formula is C10H12N4O2. The van der Waals surface area contributed by atoms with Gasteiger partial charge in [0.05, 0.1) is 6.20 Å². The van der Waals surface area contributed by atoms with Gasteiger partial charge in [0.15, 0.2) is 5.69 Å². The second-order valence-corrected chi connectivity index (χ2v) is 3.53. The quantitative estimate of drug-likeness (QED) is 0.824. The number of hydrogen-bond donors (Lipinski definition) is 1. The summed E-state index contributed by atoms with van der Waals surface area (Å²) in [4.78, 5) is 11.6. The van der Waals surface area contributed by atoms with Crippen molar-refractivity contribution in [1.29, 1.82) is 0 Å². The van der Waals surface area contributed by atoms with Crippen LogP contribution in [-0.4, -0.2) is 20.8 Å². The van der Waals surface area contributed by atoms with Crippen LogP contribution in [0.15, 0.2) is 23.0 Å². The van der Waals surface area contributed by atoms with Gasteiger partial charge in [0.2, 0.25) is 0 Å². The van der Waals surface area contributed by atoms with Gasteiger partial charge in [-0.05, 0) is 6.92 Å². The number of nitrogens with one attached hydrogen (secondary N) is 1. The molecule has 0 saturated carbocycles. The molecule has 0 spiro atoms. The minimum absolute atomic E-state index is 0.249. The minimum atomic E-state index is -0.249. The van der Waals surface area contributed by atoms with Crippen molar-refractivity contribution in [2.45, 2.75) is 13.5 Å². The molecule has 6 heteroatoms. The van der Waals surface area contributed by atoms with Gasteiger partial charge in [-0.3, -0.25) is 9.48 Å². The molecule has 0 aliphatic rings. The first kappa shape index (κ1) is 10.4. The van der Waals surface area contributed by atoms with Gasteiger partial charge in [-0.1, -0.05) is 5.16 Å². The van der Waals surface area contributed by atoms with Crippen molar-refractivity contribution in [3.05, 3.63) is 35.5 Å². The molecule has 6 nitrogen and oxygen atoms in total. The van der Waals surface area contributed by atoms with Crippen molar-refractivity contribution in [2.75, 3.05) is 0 Å². The summed E-state index contributed by atoms with van der Waals surface area (Å²) >= 11 is 0. The van der Waals surface area contributed by atoms with E-state index in [4.69, 9.17) is 4.52 Å². The molecule has 0 bridgehead atoms. The molecule has 0 saturated heterocycles. The first-order valence-electron chi connectivity index (χ1n) is 4.84. The van der Waals surface area contributed by atoms with Crippen LogP contribution in [0.2, 0.25) is 0 Å². The van der Waals surface area contributed by atoms with E-state index < -0.39 is 0 Å². The second kappa shape index (κ2) is 4.18. The van der Waals surface area contributed by atoms with Gasteiger partial charge in [-0.25, -0.2) is 0 Å². The van der Waals surface area contributed by atoms with Crippen molar-refractivity contribution in [2.24, 2.45) is 7.05 Å². The van der Waals surface area contributed by atoms with Crippen molar-refractivity contribution in [1.82, 2.24) is 20.3 Å². The van der Waals surface area contributed by atoms with Crippen LogP contribution in [-0.2, 0) is 13.6 Å². The predicted octanol–water partition coefficient (Wildman–Crippen LogP) is 0.647. The molecule has 0 aliphatic carbocycles. The number of amides is 1. The third-order valence-electron chi connectivity index (χ3n) is 2.07. The summed E-state index contributed by atoms with van der Waals surface area (Å²) in [6.45, 7) is 2.17. The number of rotatable bonds is 3. The number of aryl methyl sites for hydroxylation is 2. The molecule has 0 atom stereocenters. The highest BCUT2D eigenvalue weighted by Crippen LogP contribution is 2.02. The lowest BCUT2D eigenvalue weighted by Gasteiger charge is -1.98. The fraction of sp³-hybridized carbons (Fsp3) is 0.300. The van der Waals surface area contributed by atoms with Gasteiger partial charge >= 0.3 is 0 Å². The molecule has 0 radical (unpaired) electrons. The number of hydrogen-bond acceptors (Lipinski definition) is 4. The van der Waals surface area contributed by atoms with Gasteiger partial charge in [0.25, 0.3) is 5.91 Å². The van der Waals surface area contributed by atoms with Gasteiger partial charge in [0, 0.05) is 31.4 Å². The van der Waals surface area contributed by atoms with Gasteiger partial charge in [-0.2, -0.15) is 5.10 Å². The van der Waals surface area contributed by atoms with E-state index >= 15 is 0 Å². The van der Waals surface area contributed by atoms with E-state index in [1.54, 1.807) is 23.9 Å². The molecule has 2 heterocycles. The summed E-state index contributed by atoms with van der Waals surface area (Å²) < 4.78 is 6.50. The Morgan fingerprint density at radius 2 is 2.44 bits per heavy atom. The summed E-state index contributed by atoms with van der Waals surface area (Å²) in [6, 6.07) is 1.60. The molecule has 1 N–H and O–H groups in total. The van der Waals surface area contributed by atoms with Crippen LogP contribution in [0.5, 0.6) is 0 Å². The van der Waals surface area contributed by atoms with E-state index in [-0.39, 0.29) is 5.91 Å². The normalized spacial score (nSPS) is 10.4. The predicted molar refractivity (Wildman–Crippen MR) is 55.6 cm³/mol. The maximum Gasteiger partial charge on any atom is 0.273 e. The van der Waals surface area contributed by atoms with Gasteiger partial charge in [0.1, 0.15) is 5.76 Å². The zero-order valence-corrected chi connectivity index (χ0v) is 9.10. The molecule has 1 amide bonds. The molecule has 16 heavy (non-hydrogen) atoms. The molecule has 2 aromatic heterocycles. The second-order valence-electron chi connectivity index (χ2n) is 3.53. The van der Waals surface area contributed by atoms with Crippen LogP contribution < -0.4 is 5.32 Å². The molecule has 0 aromatic carbocycles. The van der Waals surface area contributed by atoms with Crippen molar-refractivity contribution in [3.63, 3.8) is 0 Å². The highest BCUT2D eigenvalue weighted by Gasteiger charge is 2.10. The topological polar surface area (TPSA) is 73.0 Å². The average Bonchev–Trinajstić information content (AvgIpc) is 2.84. The highest BCUT2D eigenvalue weighted by atomic mass is 16.5. The Labute approximate surface area is 92.2 Å². The third-order valence-corrected chi connectivity index (χ3v) is 2.07. The minimum Gasteiger partial charge on any atom is -0.361 e. The summed E-state index contributed by atoms with van der Waals surface area (Å²) in [5, 5.41) is 10.4. The fourth-order valence-electron chi connectivity index (χ4n) is 1.31. The number of nitrogens with zero attached hydrogens (tertiary/aromatic N) is 3. The van der Waals surface area contributed by atoms with E-state index in [1.807, 2.05) is 13.2 Å². The monoisotopic (exact) mass is 220 g/mol. The van der Waals surface area contributed by atoms with Crippen LogP contribution in [0.1, 0.15) is 21.8 Å². The maximum absolute atomic E-state index is 11.6. The van der Waals surface area contributed by atoms with Crippen LogP contribution in [0, 0.1) is 6.92 Å². The Balaban J connectivity index is 1.93. The number of carbonyl (C=O) groups is 1. The average molecular weight is 220 g/mol. The van der Waals surface area contributed by atoms with E-state index in [0.717, 1.165) is 5.56 Å². The van der Waals surface area contributed by atoms with Crippen LogP contribution >= 0.6 is 0 Å². The lowest BCUT2D eigenvalue weighted by Crippen LogP contribution is -2.22. The maximum atomic E-state index is 11.6. The Morgan fingerprint density at radius 1 is 1.62 bits per heavy atom. The zero-order valence-electron chi connectivity index (χ0n) is 9.10. The van der Waals surface area contributed by atoms with Gasteiger partial charge in [-0.15, -0.1) is 0 Å². The molecule has 0 unspecified atom stereocenters. The van der Waals surface area contributed by atoms with Crippen LogP contribution in [0.4, 0.5) is 0 Å². The van der Waals surface area contributed by atoms with E-state index in [9.17, 15) is 4.79 Å². The summed E-state index contributed by atoms with van der Waals surface area (Å²) in [6.07, 6.45) is 3.54.